The van der Waals surface area contributed by atoms with Gasteiger partial charge in [0, 0.05) is 25.5 Å². The molecule has 1 unspecified atom stereocenters. The number of pyridine rings is 1. The van der Waals surface area contributed by atoms with Crippen LogP contribution in [0.1, 0.15) is 51.2 Å². The lowest BCUT2D eigenvalue weighted by molar-refractivity contribution is -0.129. The lowest BCUT2D eigenvalue weighted by Crippen LogP contribution is -2.40. The Morgan fingerprint density at radius 3 is 2.50 bits per heavy atom. The van der Waals surface area contributed by atoms with Gasteiger partial charge < -0.3 is 14.9 Å². The lowest BCUT2D eigenvalue weighted by Gasteiger charge is -2.31. The van der Waals surface area contributed by atoms with E-state index in [4.69, 9.17) is 0 Å². The Labute approximate surface area is 180 Å². The van der Waals surface area contributed by atoms with E-state index < -0.39 is 17.7 Å². The number of aliphatic hydroxyl groups excluding tert-OH is 1. The number of aromatic nitrogens is 2. The van der Waals surface area contributed by atoms with Crippen LogP contribution in [0.15, 0.2) is 35.9 Å². The Morgan fingerprint density at radius 1 is 1.17 bits per heavy atom. The van der Waals surface area contributed by atoms with E-state index in [1.807, 2.05) is 6.92 Å². The molecule has 1 saturated heterocycles. The zero-order chi connectivity index (χ0) is 21.3. The molecule has 2 aliphatic rings. The number of carbonyl (C=O) groups excluding carboxylic acids is 2. The maximum Gasteiger partial charge on any atom is 0.290 e. The van der Waals surface area contributed by atoms with Crippen molar-refractivity contribution in [3.63, 3.8) is 0 Å². The van der Waals surface area contributed by atoms with Crippen molar-refractivity contribution < 1.29 is 14.7 Å². The van der Waals surface area contributed by atoms with E-state index in [1.165, 1.54) is 30.6 Å². The first-order valence-electron chi connectivity index (χ1n) is 10.3. The summed E-state index contributed by atoms with van der Waals surface area (Å²) in [6.45, 7) is 6.83. The highest BCUT2D eigenvalue weighted by atomic mass is 32.1. The van der Waals surface area contributed by atoms with Gasteiger partial charge >= 0.3 is 0 Å². The zero-order valence-corrected chi connectivity index (χ0v) is 18.1. The molecular weight excluding hydrogens is 400 g/mol. The highest BCUT2D eigenvalue weighted by Gasteiger charge is 2.44. The van der Waals surface area contributed by atoms with Gasteiger partial charge in [-0.25, -0.2) is 4.98 Å². The summed E-state index contributed by atoms with van der Waals surface area (Å²) in [5.74, 6) is -1.27. The molecule has 30 heavy (non-hydrogen) atoms. The van der Waals surface area contributed by atoms with E-state index in [0.717, 1.165) is 30.2 Å². The third kappa shape index (κ3) is 3.89. The largest absolute Gasteiger partial charge is 0.503 e. The summed E-state index contributed by atoms with van der Waals surface area (Å²) in [5, 5.41) is 11.5. The summed E-state index contributed by atoms with van der Waals surface area (Å²) in [4.78, 5) is 39.3. The highest BCUT2D eigenvalue weighted by molar-refractivity contribution is 7.14. The van der Waals surface area contributed by atoms with Crippen LogP contribution >= 0.6 is 11.3 Å². The predicted octanol–water partition coefficient (Wildman–Crippen LogP) is 3.22. The van der Waals surface area contributed by atoms with Crippen LogP contribution in [0, 0.1) is 13.8 Å². The number of hydrogen-bond acceptors (Lipinski definition) is 7. The van der Waals surface area contributed by atoms with Gasteiger partial charge in [-0.2, -0.15) is 0 Å². The van der Waals surface area contributed by atoms with Crippen LogP contribution in [0.4, 0.5) is 0 Å². The number of rotatable bonds is 6. The number of piperidine rings is 1. The van der Waals surface area contributed by atoms with Gasteiger partial charge in [-0.15, -0.1) is 11.3 Å². The molecule has 8 heteroatoms. The molecule has 4 rings (SSSR count). The van der Waals surface area contributed by atoms with Crippen LogP contribution < -0.4 is 0 Å². The molecule has 0 aliphatic carbocycles. The standard InChI is InChI=1S/C22H26N4O3S/c1-14-21(30-15(2)24-14)19(27)17-18(16-6-8-23-9-7-16)26(22(29)20(17)28)13-12-25-10-4-3-5-11-25/h6-9,18,28H,3-5,10-13H2,1-2H3. The minimum atomic E-state index is -0.625. The molecule has 0 saturated carbocycles. The summed E-state index contributed by atoms with van der Waals surface area (Å²) in [7, 11) is 0. The minimum Gasteiger partial charge on any atom is -0.503 e. The maximum absolute atomic E-state index is 13.4. The Balaban J connectivity index is 1.67. The van der Waals surface area contributed by atoms with E-state index in [2.05, 4.69) is 14.9 Å². The number of hydrogen-bond donors (Lipinski definition) is 1. The number of thiazole rings is 1. The smallest absolute Gasteiger partial charge is 0.290 e. The summed E-state index contributed by atoms with van der Waals surface area (Å²) in [6.07, 6.45) is 6.86. The van der Waals surface area contributed by atoms with E-state index in [9.17, 15) is 14.7 Å². The molecular formula is C22H26N4O3S. The second-order valence-electron chi connectivity index (χ2n) is 7.82. The van der Waals surface area contributed by atoms with Crippen molar-refractivity contribution in [1.82, 2.24) is 19.8 Å². The monoisotopic (exact) mass is 426 g/mol. The number of likely N-dealkylation sites (tertiary alicyclic amines) is 1. The number of aryl methyl sites for hydroxylation is 2. The number of carbonyl (C=O) groups is 2. The fourth-order valence-electron chi connectivity index (χ4n) is 4.30. The summed E-state index contributed by atoms with van der Waals surface area (Å²) in [5.41, 5.74) is 1.52. The zero-order valence-electron chi connectivity index (χ0n) is 17.3. The first kappa shape index (κ1) is 20.7. The van der Waals surface area contributed by atoms with Crippen LogP contribution in [0.5, 0.6) is 0 Å². The molecule has 1 fully saturated rings. The number of nitrogens with zero attached hydrogens (tertiary/aromatic N) is 4. The van der Waals surface area contributed by atoms with Gasteiger partial charge in [-0.1, -0.05) is 6.42 Å². The Morgan fingerprint density at radius 2 is 1.87 bits per heavy atom. The van der Waals surface area contributed by atoms with Crippen molar-refractivity contribution in [2.24, 2.45) is 0 Å². The summed E-state index contributed by atoms with van der Waals surface area (Å²) in [6, 6.07) is 2.96. The SMILES string of the molecule is Cc1nc(C)c(C(=O)C2=C(O)C(=O)N(CCN3CCCCC3)C2c2ccncc2)s1. The molecule has 0 bridgehead atoms. The average Bonchev–Trinajstić information content (AvgIpc) is 3.23. The molecule has 1 atom stereocenters. The van der Waals surface area contributed by atoms with E-state index in [1.54, 1.807) is 36.4 Å². The number of ketones is 1. The number of Topliss-reactive ketones (excluding diaryl/α,β-unsaturated/α-hetero) is 1. The highest BCUT2D eigenvalue weighted by Crippen LogP contribution is 2.39. The molecule has 158 valence electrons. The van der Waals surface area contributed by atoms with Crippen LogP contribution in [0.3, 0.4) is 0 Å². The molecule has 4 heterocycles. The van der Waals surface area contributed by atoms with E-state index in [0.29, 0.717) is 17.1 Å². The fraction of sp³-hybridized carbons (Fsp3) is 0.455. The minimum absolute atomic E-state index is 0.136. The summed E-state index contributed by atoms with van der Waals surface area (Å²) < 4.78 is 0. The lowest BCUT2D eigenvalue weighted by atomic mass is 9.96. The van der Waals surface area contributed by atoms with Crippen LogP contribution in [0.25, 0.3) is 0 Å². The maximum atomic E-state index is 13.4. The molecule has 1 amide bonds. The van der Waals surface area contributed by atoms with E-state index in [-0.39, 0.29) is 11.4 Å². The average molecular weight is 427 g/mol. The Kier molecular flexibility index (Phi) is 5.97. The Bertz CT molecular complexity index is 980. The van der Waals surface area contributed by atoms with Gasteiger partial charge in [0.25, 0.3) is 5.91 Å². The number of amides is 1. The molecule has 2 aliphatic heterocycles. The molecule has 0 spiro atoms. The molecule has 0 radical (unpaired) electrons. The van der Waals surface area contributed by atoms with Gasteiger partial charge in [0.1, 0.15) is 0 Å². The predicted molar refractivity (Wildman–Crippen MR) is 115 cm³/mol. The normalized spacial score (nSPS) is 20.3. The first-order chi connectivity index (χ1) is 14.5. The van der Waals surface area contributed by atoms with Crippen LogP contribution in [-0.2, 0) is 4.79 Å². The molecule has 2 aromatic rings. The van der Waals surface area contributed by atoms with Gasteiger partial charge in [0.2, 0.25) is 5.78 Å². The van der Waals surface area contributed by atoms with Gasteiger partial charge in [0.05, 0.1) is 27.2 Å². The molecule has 1 N–H and O–H groups in total. The van der Waals surface area contributed by atoms with Crippen molar-refractivity contribution >= 4 is 23.0 Å². The van der Waals surface area contributed by atoms with Crippen molar-refractivity contribution in [2.45, 2.75) is 39.2 Å². The topological polar surface area (TPSA) is 86.6 Å². The first-order valence-corrected chi connectivity index (χ1v) is 11.1. The van der Waals surface area contributed by atoms with Gasteiger partial charge in [0.15, 0.2) is 5.76 Å². The van der Waals surface area contributed by atoms with Crippen LogP contribution in [-0.4, -0.2) is 62.7 Å². The molecule has 7 nitrogen and oxygen atoms in total. The van der Waals surface area contributed by atoms with E-state index >= 15 is 0 Å². The van der Waals surface area contributed by atoms with Crippen molar-refractivity contribution in [3.05, 3.63) is 57.0 Å². The van der Waals surface area contributed by atoms with Crippen molar-refractivity contribution in [1.29, 1.82) is 0 Å². The van der Waals surface area contributed by atoms with Gasteiger partial charge in [-0.3, -0.25) is 14.6 Å². The Hall–Kier alpha value is -2.58. The van der Waals surface area contributed by atoms with Gasteiger partial charge in [-0.05, 0) is 57.5 Å². The molecule has 2 aromatic heterocycles. The summed E-state index contributed by atoms with van der Waals surface area (Å²) >= 11 is 1.29. The second-order valence-corrected chi connectivity index (χ2v) is 9.03. The quantitative estimate of drug-likeness (QED) is 0.714. The fourth-order valence-corrected chi connectivity index (χ4v) is 5.18. The molecule has 0 aromatic carbocycles. The third-order valence-electron chi connectivity index (χ3n) is 5.79. The van der Waals surface area contributed by atoms with Crippen molar-refractivity contribution in [3.8, 4) is 0 Å². The second kappa shape index (κ2) is 8.65. The van der Waals surface area contributed by atoms with Crippen LogP contribution in [0.2, 0.25) is 0 Å². The van der Waals surface area contributed by atoms with Crippen molar-refractivity contribution in [2.75, 3.05) is 26.2 Å². The third-order valence-corrected chi connectivity index (χ3v) is 6.86. The number of aliphatic hydroxyl groups is 1.